The number of piperidine rings is 1. The Kier molecular flexibility index (Phi) is 5.81. The van der Waals surface area contributed by atoms with Gasteiger partial charge < -0.3 is 10.1 Å². The van der Waals surface area contributed by atoms with Crippen LogP contribution < -0.4 is 5.32 Å². The van der Waals surface area contributed by atoms with Gasteiger partial charge in [0.1, 0.15) is 23.1 Å². The number of carbonyl (C=O) groups excluding carboxylic acids is 2. The number of likely N-dealkylation sites (tertiary alicyclic amines) is 1. The van der Waals surface area contributed by atoms with Gasteiger partial charge in [0.05, 0.1) is 0 Å². The highest BCUT2D eigenvalue weighted by atomic mass is 19.1. The van der Waals surface area contributed by atoms with Crippen LogP contribution in [0.5, 0.6) is 0 Å². The number of hydrogen-bond donors (Lipinski definition) is 1. The molecule has 29 heavy (non-hydrogen) atoms. The maximum atomic E-state index is 14.2. The summed E-state index contributed by atoms with van der Waals surface area (Å²) in [5.74, 6) is -0.455. The Labute approximate surface area is 168 Å². The third kappa shape index (κ3) is 4.87. The van der Waals surface area contributed by atoms with Crippen molar-refractivity contribution in [3.05, 3.63) is 29.8 Å². The van der Waals surface area contributed by atoms with Gasteiger partial charge in [-0.25, -0.2) is 9.18 Å². The second-order valence-corrected chi connectivity index (χ2v) is 7.98. The van der Waals surface area contributed by atoms with Gasteiger partial charge in [-0.2, -0.15) is 4.68 Å². The van der Waals surface area contributed by atoms with Crippen LogP contribution in [0.3, 0.4) is 0 Å². The molecule has 1 fully saturated rings. The lowest BCUT2D eigenvalue weighted by atomic mass is 10.0. The number of nitrogens with zero attached hydrogens (tertiary/aromatic N) is 5. The average Bonchev–Trinajstić information content (AvgIpc) is 3.07. The highest BCUT2D eigenvalue weighted by Gasteiger charge is 2.35. The minimum Gasteiger partial charge on any atom is -0.444 e. The van der Waals surface area contributed by atoms with E-state index in [1.165, 1.54) is 27.8 Å². The molecule has 0 radical (unpaired) electrons. The van der Waals surface area contributed by atoms with Gasteiger partial charge in [0.15, 0.2) is 5.82 Å². The molecule has 3 rings (SSSR count). The molecule has 2 amide bonds. The monoisotopic (exact) mass is 404 g/mol. The van der Waals surface area contributed by atoms with Crippen molar-refractivity contribution in [3.63, 3.8) is 0 Å². The molecule has 1 saturated heterocycles. The van der Waals surface area contributed by atoms with Gasteiger partial charge in [-0.1, -0.05) is 0 Å². The first-order chi connectivity index (χ1) is 13.7. The molecule has 0 aliphatic carbocycles. The molecule has 9 nitrogen and oxygen atoms in total. The van der Waals surface area contributed by atoms with Crippen molar-refractivity contribution in [1.82, 2.24) is 25.1 Å². The standard InChI is InChI=1S/C19H25FN6O3/c1-12-22-23-24-26(12)16-11-13(8-9-14(16)20)21-17(27)15-7-5-6-10-25(15)18(28)29-19(2,3)4/h8-9,11,15H,5-7,10H2,1-4H3,(H,21,27). The van der Waals surface area contributed by atoms with Gasteiger partial charge in [0, 0.05) is 12.2 Å². The minimum atomic E-state index is -0.651. The second kappa shape index (κ2) is 8.14. The van der Waals surface area contributed by atoms with Crippen molar-refractivity contribution >= 4 is 17.7 Å². The summed E-state index contributed by atoms with van der Waals surface area (Å²) in [5.41, 5.74) is -0.139. The Balaban J connectivity index is 1.78. The summed E-state index contributed by atoms with van der Waals surface area (Å²) < 4.78 is 20.9. The Morgan fingerprint density at radius 1 is 1.28 bits per heavy atom. The zero-order valence-corrected chi connectivity index (χ0v) is 17.0. The summed E-state index contributed by atoms with van der Waals surface area (Å²) in [6.45, 7) is 7.44. The summed E-state index contributed by atoms with van der Waals surface area (Å²) in [5, 5.41) is 13.8. The predicted octanol–water partition coefficient (Wildman–Crippen LogP) is 2.84. The molecular formula is C19H25FN6O3. The van der Waals surface area contributed by atoms with Crippen molar-refractivity contribution in [2.45, 2.75) is 58.6 Å². The van der Waals surface area contributed by atoms with E-state index in [-0.39, 0.29) is 11.6 Å². The van der Waals surface area contributed by atoms with Crippen LogP contribution in [0.25, 0.3) is 5.69 Å². The van der Waals surface area contributed by atoms with E-state index >= 15 is 0 Å². The summed E-state index contributed by atoms with van der Waals surface area (Å²) in [7, 11) is 0. The van der Waals surface area contributed by atoms with E-state index in [9.17, 15) is 14.0 Å². The highest BCUT2D eigenvalue weighted by molar-refractivity contribution is 5.96. The number of rotatable bonds is 3. The summed E-state index contributed by atoms with van der Waals surface area (Å²) in [6, 6.07) is 3.49. The first kappa shape index (κ1) is 20.7. The largest absolute Gasteiger partial charge is 0.444 e. The highest BCUT2D eigenvalue weighted by Crippen LogP contribution is 2.23. The molecule has 1 atom stereocenters. The van der Waals surface area contributed by atoms with Crippen molar-refractivity contribution in [2.24, 2.45) is 0 Å². The molecule has 1 N–H and O–H groups in total. The molecular weight excluding hydrogens is 379 g/mol. The average molecular weight is 404 g/mol. The van der Waals surface area contributed by atoms with Crippen molar-refractivity contribution in [2.75, 3.05) is 11.9 Å². The van der Waals surface area contributed by atoms with Gasteiger partial charge in [-0.15, -0.1) is 5.10 Å². The number of carbonyl (C=O) groups is 2. The Hall–Kier alpha value is -3.04. The molecule has 0 bridgehead atoms. The number of benzene rings is 1. The predicted molar refractivity (Wildman–Crippen MR) is 103 cm³/mol. The van der Waals surface area contributed by atoms with Crippen molar-refractivity contribution in [3.8, 4) is 5.69 Å². The number of aryl methyl sites for hydroxylation is 1. The SMILES string of the molecule is Cc1nnnn1-c1cc(NC(=O)C2CCCCN2C(=O)OC(C)(C)C)ccc1F. The lowest BCUT2D eigenvalue weighted by molar-refractivity contribution is -0.122. The van der Waals surface area contributed by atoms with Gasteiger partial charge in [0.25, 0.3) is 0 Å². The fourth-order valence-electron chi connectivity index (χ4n) is 3.18. The lowest BCUT2D eigenvalue weighted by Gasteiger charge is -2.35. The fourth-order valence-corrected chi connectivity index (χ4v) is 3.18. The minimum absolute atomic E-state index is 0.123. The smallest absolute Gasteiger partial charge is 0.410 e. The second-order valence-electron chi connectivity index (χ2n) is 7.98. The number of anilines is 1. The van der Waals surface area contributed by atoms with Crippen LogP contribution in [0, 0.1) is 12.7 Å². The molecule has 2 heterocycles. The van der Waals surface area contributed by atoms with E-state index in [1.54, 1.807) is 27.7 Å². The van der Waals surface area contributed by atoms with Crippen LogP contribution in [0.2, 0.25) is 0 Å². The molecule has 0 saturated carbocycles. The first-order valence-electron chi connectivity index (χ1n) is 9.51. The lowest BCUT2D eigenvalue weighted by Crippen LogP contribution is -2.51. The molecule has 1 aromatic carbocycles. The molecule has 156 valence electrons. The quantitative estimate of drug-likeness (QED) is 0.844. The van der Waals surface area contributed by atoms with E-state index in [0.29, 0.717) is 24.5 Å². The topological polar surface area (TPSA) is 102 Å². The zero-order valence-electron chi connectivity index (χ0n) is 17.0. The van der Waals surface area contributed by atoms with E-state index in [2.05, 4.69) is 20.8 Å². The number of nitrogens with one attached hydrogen (secondary N) is 1. The number of halogens is 1. The van der Waals surface area contributed by atoms with Gasteiger partial charge in [-0.05, 0) is 75.6 Å². The third-order valence-corrected chi connectivity index (χ3v) is 4.50. The van der Waals surface area contributed by atoms with Crippen LogP contribution in [0.4, 0.5) is 14.9 Å². The van der Waals surface area contributed by atoms with Crippen LogP contribution in [-0.2, 0) is 9.53 Å². The van der Waals surface area contributed by atoms with Crippen LogP contribution >= 0.6 is 0 Å². The maximum Gasteiger partial charge on any atom is 0.410 e. The zero-order chi connectivity index (χ0) is 21.2. The van der Waals surface area contributed by atoms with Crippen molar-refractivity contribution < 1.29 is 18.7 Å². The fraction of sp³-hybridized carbons (Fsp3) is 0.526. The molecule has 0 spiro atoms. The molecule has 1 aliphatic heterocycles. The number of aromatic nitrogens is 4. The van der Waals surface area contributed by atoms with E-state index in [0.717, 1.165) is 12.8 Å². The molecule has 10 heteroatoms. The van der Waals surface area contributed by atoms with Gasteiger partial charge in [-0.3, -0.25) is 9.69 Å². The Morgan fingerprint density at radius 3 is 2.69 bits per heavy atom. The number of tetrazole rings is 1. The number of hydrogen-bond acceptors (Lipinski definition) is 6. The van der Waals surface area contributed by atoms with Gasteiger partial charge in [0.2, 0.25) is 5.91 Å². The van der Waals surface area contributed by atoms with Gasteiger partial charge >= 0.3 is 6.09 Å². The summed E-state index contributed by atoms with van der Waals surface area (Å²) >= 11 is 0. The number of amides is 2. The summed E-state index contributed by atoms with van der Waals surface area (Å²) in [4.78, 5) is 26.9. The Bertz CT molecular complexity index is 908. The summed E-state index contributed by atoms with van der Waals surface area (Å²) in [6.07, 6.45) is 1.66. The third-order valence-electron chi connectivity index (χ3n) is 4.50. The molecule has 2 aromatic rings. The molecule has 1 unspecified atom stereocenters. The van der Waals surface area contributed by atoms with Crippen LogP contribution in [0.15, 0.2) is 18.2 Å². The Morgan fingerprint density at radius 2 is 2.03 bits per heavy atom. The van der Waals surface area contributed by atoms with E-state index < -0.39 is 23.6 Å². The van der Waals surface area contributed by atoms with Crippen molar-refractivity contribution in [1.29, 1.82) is 0 Å². The normalized spacial score (nSPS) is 17.1. The maximum absolute atomic E-state index is 14.2. The first-order valence-corrected chi connectivity index (χ1v) is 9.51. The molecule has 1 aliphatic rings. The van der Waals surface area contributed by atoms with Crippen LogP contribution in [-0.4, -0.2) is 55.3 Å². The number of ether oxygens (including phenoxy) is 1. The van der Waals surface area contributed by atoms with Crippen LogP contribution in [0.1, 0.15) is 45.9 Å². The van der Waals surface area contributed by atoms with E-state index in [1.807, 2.05) is 0 Å². The molecule has 1 aromatic heterocycles. The van der Waals surface area contributed by atoms with E-state index in [4.69, 9.17) is 4.74 Å².